The van der Waals surface area contributed by atoms with Gasteiger partial charge in [0, 0.05) is 29.4 Å². The van der Waals surface area contributed by atoms with E-state index in [1.165, 1.54) is 24.3 Å². The van der Waals surface area contributed by atoms with E-state index in [1.807, 2.05) is 24.3 Å². The van der Waals surface area contributed by atoms with E-state index in [0.29, 0.717) is 28.2 Å². The van der Waals surface area contributed by atoms with E-state index in [-0.39, 0.29) is 0 Å². The van der Waals surface area contributed by atoms with Gasteiger partial charge in [-0.15, -0.1) is 0 Å². The second-order valence-corrected chi connectivity index (χ2v) is 9.94. The molecule has 0 atom stereocenters. The number of benzene rings is 5. The van der Waals surface area contributed by atoms with Crippen molar-refractivity contribution >= 4 is 79.2 Å². The highest BCUT2D eigenvalue weighted by molar-refractivity contribution is 6.59. The minimum Gasteiger partial charge on any atom is -0.423 e. The van der Waals surface area contributed by atoms with E-state index < -0.39 is 21.4 Å². The van der Waals surface area contributed by atoms with Crippen molar-refractivity contribution in [2.75, 3.05) is 11.5 Å². The number of carbonyl (C=O) groups is 1. The normalized spacial score (nSPS) is 10.4. The van der Waals surface area contributed by atoms with Gasteiger partial charge in [-0.25, -0.2) is 0 Å². The molecule has 14 heteroatoms. The summed E-state index contributed by atoms with van der Waals surface area (Å²) < 4.78 is 0. The minimum atomic E-state index is -1.47. The highest BCUT2D eigenvalue weighted by Crippen LogP contribution is 2.18. The number of carbonyl (C=O) groups excluding carboxylic acids is 1. The van der Waals surface area contributed by atoms with Crippen molar-refractivity contribution in [3.63, 3.8) is 0 Å². The van der Waals surface area contributed by atoms with Crippen LogP contribution in [0.15, 0.2) is 131 Å². The Bertz CT molecular complexity index is 1620. The van der Waals surface area contributed by atoms with Crippen LogP contribution >= 0.6 is 0 Å². The van der Waals surface area contributed by atoms with Gasteiger partial charge in [0.05, 0.1) is 11.4 Å². The topological polar surface area (TPSA) is 215 Å². The van der Waals surface area contributed by atoms with Gasteiger partial charge in [-0.1, -0.05) is 72.8 Å². The van der Waals surface area contributed by atoms with Crippen LogP contribution in [0.1, 0.15) is 21.5 Å². The van der Waals surface area contributed by atoms with Crippen LogP contribution in [0, 0.1) is 0 Å². The first kappa shape index (κ1) is 36.1. The maximum atomic E-state index is 10.2. The lowest BCUT2D eigenvalue weighted by atomic mass is 9.80. The number of aldehydes is 1. The molecule has 0 bridgehead atoms. The second kappa shape index (κ2) is 18.6. The molecule has 0 amide bonds. The summed E-state index contributed by atoms with van der Waals surface area (Å²) in [5.41, 5.74) is 17.3. The standard InChI is InChI=1S/C20H18B2N2O4.C7H7BO3.C6H8N2/c25-21(26)17-5-1-15(2-6-17)13-23-19-9-11-20(12-10-19)24-14-16-3-7-18(8-4-16)22(27)28;9-5-6-1-3-7(4-2-6)8(10)11;7-5-1-2-6(8)4-3-5/h1-14,25-28H;1-5,10-11H;1-4H,7-8H2. The molecule has 11 nitrogen and oxygen atoms in total. The first-order valence-electron chi connectivity index (χ1n) is 14.2. The average molecular weight is 630 g/mol. The Kier molecular flexibility index (Phi) is 14.3. The zero-order valence-corrected chi connectivity index (χ0v) is 25.2. The quantitative estimate of drug-likeness (QED) is 0.0520. The van der Waals surface area contributed by atoms with Crippen LogP contribution in [0.3, 0.4) is 0 Å². The summed E-state index contributed by atoms with van der Waals surface area (Å²) in [7, 11) is -4.41. The molecule has 10 N–H and O–H groups in total. The molecule has 47 heavy (non-hydrogen) atoms. The van der Waals surface area contributed by atoms with Crippen molar-refractivity contribution in [3.05, 3.63) is 138 Å². The van der Waals surface area contributed by atoms with E-state index in [0.717, 1.165) is 33.9 Å². The summed E-state index contributed by atoms with van der Waals surface area (Å²) in [4.78, 5) is 18.9. The van der Waals surface area contributed by atoms with Crippen molar-refractivity contribution in [3.8, 4) is 0 Å². The summed E-state index contributed by atoms with van der Waals surface area (Å²) in [5.74, 6) is 0. The molecule has 5 aromatic rings. The molecule has 0 heterocycles. The Morgan fingerprint density at radius 3 is 0.957 bits per heavy atom. The maximum absolute atomic E-state index is 10.2. The molecule has 0 fully saturated rings. The molecule has 236 valence electrons. The number of nitrogens with zero attached hydrogens (tertiary/aromatic N) is 2. The number of aliphatic imine (C=N–C) groups is 2. The fraction of sp³-hybridized carbons (Fsp3) is 0. The third-order valence-electron chi connectivity index (χ3n) is 6.35. The third-order valence-corrected chi connectivity index (χ3v) is 6.35. The Hall–Kier alpha value is -5.34. The molecule has 0 saturated heterocycles. The predicted molar refractivity (Wildman–Crippen MR) is 190 cm³/mol. The second-order valence-electron chi connectivity index (χ2n) is 9.94. The number of hydrogen-bond acceptors (Lipinski definition) is 11. The smallest absolute Gasteiger partial charge is 0.423 e. The van der Waals surface area contributed by atoms with Gasteiger partial charge in [-0.2, -0.15) is 0 Å². The van der Waals surface area contributed by atoms with Crippen LogP contribution in [-0.2, 0) is 0 Å². The van der Waals surface area contributed by atoms with Gasteiger partial charge in [0.1, 0.15) is 6.29 Å². The van der Waals surface area contributed by atoms with Gasteiger partial charge >= 0.3 is 21.4 Å². The highest BCUT2D eigenvalue weighted by Gasteiger charge is 2.10. The van der Waals surface area contributed by atoms with Crippen molar-refractivity contribution in [1.29, 1.82) is 0 Å². The van der Waals surface area contributed by atoms with Crippen LogP contribution < -0.4 is 27.9 Å². The fourth-order valence-corrected chi connectivity index (χ4v) is 3.67. The summed E-state index contributed by atoms with van der Waals surface area (Å²) in [5, 5.41) is 53.7. The molecular weight excluding hydrogens is 597 g/mol. The summed E-state index contributed by atoms with van der Waals surface area (Å²) in [6.45, 7) is 0. The van der Waals surface area contributed by atoms with Crippen molar-refractivity contribution < 1.29 is 34.9 Å². The van der Waals surface area contributed by atoms with E-state index >= 15 is 0 Å². The molecule has 0 aliphatic carbocycles. The fourth-order valence-electron chi connectivity index (χ4n) is 3.67. The van der Waals surface area contributed by atoms with E-state index in [2.05, 4.69) is 9.98 Å². The summed E-state index contributed by atoms with van der Waals surface area (Å²) in [6, 6.07) is 34.1. The Balaban J connectivity index is 0.000000256. The van der Waals surface area contributed by atoms with Gasteiger partial charge < -0.3 is 41.6 Å². The van der Waals surface area contributed by atoms with E-state index in [9.17, 15) is 4.79 Å². The minimum absolute atomic E-state index is 0.385. The Morgan fingerprint density at radius 1 is 0.426 bits per heavy atom. The number of hydrogen-bond donors (Lipinski definition) is 8. The molecule has 5 aromatic carbocycles. The highest BCUT2D eigenvalue weighted by atomic mass is 16.4. The van der Waals surface area contributed by atoms with Crippen LogP contribution in [-0.4, -0.2) is 70.2 Å². The summed E-state index contributed by atoms with van der Waals surface area (Å²) >= 11 is 0. The maximum Gasteiger partial charge on any atom is 0.488 e. The molecule has 0 aromatic heterocycles. The molecule has 0 unspecified atom stereocenters. The molecule has 0 saturated carbocycles. The molecule has 0 aliphatic rings. The van der Waals surface area contributed by atoms with E-state index in [1.54, 1.807) is 85.2 Å². The molecule has 0 aliphatic heterocycles. The van der Waals surface area contributed by atoms with Gasteiger partial charge in [0.2, 0.25) is 0 Å². The third kappa shape index (κ3) is 12.9. The number of nitrogens with two attached hydrogens (primary N) is 2. The molecule has 0 spiro atoms. The molecular formula is C33H33B3N4O7. The molecule has 0 radical (unpaired) electrons. The van der Waals surface area contributed by atoms with Crippen LogP contribution in [0.2, 0.25) is 0 Å². The monoisotopic (exact) mass is 630 g/mol. The van der Waals surface area contributed by atoms with Gasteiger partial charge in [0.25, 0.3) is 0 Å². The van der Waals surface area contributed by atoms with Gasteiger partial charge in [0.15, 0.2) is 0 Å². The van der Waals surface area contributed by atoms with E-state index in [4.69, 9.17) is 41.6 Å². The number of anilines is 2. The lowest BCUT2D eigenvalue weighted by Crippen LogP contribution is -2.29. The van der Waals surface area contributed by atoms with Crippen molar-refractivity contribution in [1.82, 2.24) is 0 Å². The number of nitrogen functional groups attached to an aromatic ring is 2. The first-order valence-corrected chi connectivity index (χ1v) is 14.2. The average Bonchev–Trinajstić information content (AvgIpc) is 3.09. The van der Waals surface area contributed by atoms with Crippen molar-refractivity contribution in [2.45, 2.75) is 0 Å². The summed E-state index contributed by atoms with van der Waals surface area (Å²) in [6.07, 6.45) is 4.10. The van der Waals surface area contributed by atoms with Crippen LogP contribution in [0.4, 0.5) is 22.7 Å². The SMILES string of the molecule is Nc1ccc(N)cc1.O=Cc1ccc(B(O)O)cc1.OB(O)c1ccc(C=Nc2ccc(N=Cc3ccc(B(O)O)cc3)cc2)cc1. The Morgan fingerprint density at radius 2 is 0.702 bits per heavy atom. The van der Waals surface area contributed by atoms with Crippen LogP contribution in [0.5, 0.6) is 0 Å². The Labute approximate surface area is 273 Å². The zero-order valence-electron chi connectivity index (χ0n) is 25.2. The molecule has 5 rings (SSSR count). The lowest BCUT2D eigenvalue weighted by Gasteiger charge is -2.00. The lowest BCUT2D eigenvalue weighted by molar-refractivity contribution is 0.112. The van der Waals surface area contributed by atoms with Gasteiger partial charge in [-0.3, -0.25) is 14.8 Å². The first-order chi connectivity index (χ1) is 22.5. The predicted octanol–water partition coefficient (Wildman–Crippen LogP) is 0.577. The van der Waals surface area contributed by atoms with Crippen molar-refractivity contribution in [2.24, 2.45) is 9.98 Å². The van der Waals surface area contributed by atoms with Gasteiger partial charge in [-0.05, 0) is 76.0 Å². The van der Waals surface area contributed by atoms with Crippen LogP contribution in [0.25, 0.3) is 0 Å². The number of rotatable bonds is 8. The largest absolute Gasteiger partial charge is 0.488 e. The zero-order chi connectivity index (χ0) is 34.2.